The molecule has 3 aromatic rings. The molecule has 0 spiro atoms. The van der Waals surface area contributed by atoms with Gasteiger partial charge in [0.15, 0.2) is 5.78 Å². The van der Waals surface area contributed by atoms with E-state index in [-0.39, 0.29) is 17.9 Å². The number of ether oxygens (including phenoxy) is 2. The lowest BCUT2D eigenvalue weighted by atomic mass is 10.0. The molecule has 6 nitrogen and oxygen atoms in total. The third-order valence-electron chi connectivity index (χ3n) is 5.13. The van der Waals surface area contributed by atoms with Gasteiger partial charge < -0.3 is 13.9 Å². The zero-order valence-electron chi connectivity index (χ0n) is 16.7. The van der Waals surface area contributed by atoms with Crippen LogP contribution in [0.2, 0.25) is 0 Å². The SMILES string of the molecule is CCOc1cc2nc(CC3CCOC3)cn2cc1CC(=O)c1cccc(C(F)F)n1. The molecule has 1 aliphatic rings. The molecule has 1 atom stereocenters. The first-order valence-electron chi connectivity index (χ1n) is 10.0. The Labute approximate surface area is 172 Å². The molecule has 0 aliphatic carbocycles. The molecule has 30 heavy (non-hydrogen) atoms. The average molecular weight is 415 g/mol. The molecule has 4 heterocycles. The van der Waals surface area contributed by atoms with Gasteiger partial charge in [-0.15, -0.1) is 0 Å². The summed E-state index contributed by atoms with van der Waals surface area (Å²) >= 11 is 0. The lowest BCUT2D eigenvalue weighted by Gasteiger charge is -2.11. The Morgan fingerprint density at radius 1 is 1.33 bits per heavy atom. The number of aromatic nitrogens is 3. The van der Waals surface area contributed by atoms with Gasteiger partial charge in [-0.25, -0.2) is 18.7 Å². The van der Waals surface area contributed by atoms with Crippen LogP contribution in [-0.2, 0) is 17.6 Å². The summed E-state index contributed by atoms with van der Waals surface area (Å²) in [7, 11) is 0. The Morgan fingerprint density at radius 3 is 2.93 bits per heavy atom. The highest BCUT2D eigenvalue weighted by atomic mass is 19.3. The standard InChI is InChI=1S/C22H23F2N3O3/c1-2-30-20-10-21-25-16(8-14-6-7-29-13-14)12-27(21)11-15(20)9-19(28)17-4-3-5-18(26-17)22(23)24/h3-5,10-12,14,22H,2,6-9,13H2,1H3. The number of fused-ring (bicyclic) bond motifs is 1. The van der Waals surface area contributed by atoms with E-state index >= 15 is 0 Å². The summed E-state index contributed by atoms with van der Waals surface area (Å²) in [6.07, 6.45) is 2.91. The zero-order valence-corrected chi connectivity index (χ0v) is 16.7. The highest BCUT2D eigenvalue weighted by Crippen LogP contribution is 2.25. The molecule has 0 aromatic carbocycles. The number of Topliss-reactive ketones (excluding diaryl/α,β-unsaturated/α-hetero) is 1. The summed E-state index contributed by atoms with van der Waals surface area (Å²) < 4.78 is 38.9. The molecule has 1 saturated heterocycles. The Bertz CT molecular complexity index is 1050. The van der Waals surface area contributed by atoms with Crippen LogP contribution in [0.15, 0.2) is 36.7 Å². The van der Waals surface area contributed by atoms with Gasteiger partial charge in [-0.2, -0.15) is 0 Å². The zero-order chi connectivity index (χ0) is 21.1. The highest BCUT2D eigenvalue weighted by Gasteiger charge is 2.20. The van der Waals surface area contributed by atoms with Gasteiger partial charge in [-0.3, -0.25) is 4.79 Å². The molecule has 1 fully saturated rings. The number of ketones is 1. The Morgan fingerprint density at radius 2 is 2.20 bits per heavy atom. The molecule has 158 valence electrons. The minimum absolute atomic E-state index is 0.00502. The summed E-state index contributed by atoms with van der Waals surface area (Å²) in [6.45, 7) is 3.84. The van der Waals surface area contributed by atoms with Crippen LogP contribution < -0.4 is 4.74 Å². The first kappa shape index (κ1) is 20.4. The fourth-order valence-electron chi connectivity index (χ4n) is 3.66. The molecule has 0 saturated carbocycles. The van der Waals surface area contributed by atoms with Crippen molar-refractivity contribution in [2.75, 3.05) is 19.8 Å². The van der Waals surface area contributed by atoms with E-state index in [1.807, 2.05) is 29.8 Å². The smallest absolute Gasteiger partial charge is 0.280 e. The number of imidazole rings is 1. The predicted octanol–water partition coefficient (Wildman–Crippen LogP) is 4.07. The Kier molecular flexibility index (Phi) is 6.03. The van der Waals surface area contributed by atoms with E-state index in [4.69, 9.17) is 9.47 Å². The van der Waals surface area contributed by atoms with Gasteiger partial charge in [0.05, 0.1) is 12.3 Å². The molecular formula is C22H23F2N3O3. The van der Waals surface area contributed by atoms with Crippen LogP contribution in [0.5, 0.6) is 5.75 Å². The molecule has 3 aromatic heterocycles. The van der Waals surface area contributed by atoms with Crippen molar-refractivity contribution in [3.8, 4) is 5.75 Å². The van der Waals surface area contributed by atoms with Crippen LogP contribution in [0, 0.1) is 5.92 Å². The minimum Gasteiger partial charge on any atom is -0.493 e. The number of halogens is 2. The predicted molar refractivity (Wildman–Crippen MR) is 106 cm³/mol. The minimum atomic E-state index is -2.72. The van der Waals surface area contributed by atoms with Crippen LogP contribution in [-0.4, -0.2) is 40.0 Å². The molecule has 0 N–H and O–H groups in total. The maximum Gasteiger partial charge on any atom is 0.280 e. The van der Waals surface area contributed by atoms with Crippen LogP contribution >= 0.6 is 0 Å². The van der Waals surface area contributed by atoms with E-state index in [0.29, 0.717) is 23.8 Å². The Balaban J connectivity index is 1.60. The fourth-order valence-corrected chi connectivity index (χ4v) is 3.66. The number of carbonyl (C=O) groups excluding carboxylic acids is 1. The van der Waals surface area contributed by atoms with Crippen LogP contribution in [0.3, 0.4) is 0 Å². The maximum absolute atomic E-state index is 12.9. The van der Waals surface area contributed by atoms with Gasteiger partial charge in [-0.1, -0.05) is 6.07 Å². The van der Waals surface area contributed by atoms with E-state index in [9.17, 15) is 13.6 Å². The number of hydrogen-bond acceptors (Lipinski definition) is 5. The topological polar surface area (TPSA) is 65.7 Å². The van der Waals surface area contributed by atoms with Crippen molar-refractivity contribution in [3.63, 3.8) is 0 Å². The summed E-state index contributed by atoms with van der Waals surface area (Å²) in [6, 6.07) is 5.89. The summed E-state index contributed by atoms with van der Waals surface area (Å²) in [5.74, 6) is 0.682. The second-order valence-corrected chi connectivity index (χ2v) is 7.38. The van der Waals surface area contributed by atoms with Crippen molar-refractivity contribution < 1.29 is 23.0 Å². The normalized spacial score (nSPS) is 16.5. The molecule has 8 heteroatoms. The molecule has 4 rings (SSSR count). The van der Waals surface area contributed by atoms with E-state index in [1.54, 1.807) is 0 Å². The quantitative estimate of drug-likeness (QED) is 0.519. The highest BCUT2D eigenvalue weighted by molar-refractivity contribution is 5.96. The largest absolute Gasteiger partial charge is 0.493 e. The molecule has 0 amide bonds. The van der Waals surface area contributed by atoms with Gasteiger partial charge >= 0.3 is 0 Å². The van der Waals surface area contributed by atoms with Gasteiger partial charge in [0, 0.05) is 43.7 Å². The molecule has 1 aliphatic heterocycles. The van der Waals surface area contributed by atoms with Gasteiger partial charge in [0.25, 0.3) is 6.43 Å². The number of alkyl halides is 2. The van der Waals surface area contributed by atoms with E-state index in [0.717, 1.165) is 37.4 Å². The van der Waals surface area contributed by atoms with E-state index in [2.05, 4.69) is 9.97 Å². The maximum atomic E-state index is 12.9. The molecular weight excluding hydrogens is 392 g/mol. The summed E-state index contributed by atoms with van der Waals surface area (Å²) in [4.78, 5) is 21.2. The van der Waals surface area contributed by atoms with Crippen molar-refractivity contribution in [1.82, 2.24) is 14.4 Å². The van der Waals surface area contributed by atoms with Crippen LogP contribution in [0.4, 0.5) is 8.78 Å². The average Bonchev–Trinajstić information content (AvgIpc) is 3.38. The van der Waals surface area contributed by atoms with Crippen molar-refractivity contribution in [3.05, 3.63) is 59.3 Å². The fraction of sp³-hybridized carbons (Fsp3) is 0.409. The number of pyridine rings is 2. The second kappa shape index (κ2) is 8.87. The van der Waals surface area contributed by atoms with Crippen molar-refractivity contribution in [2.24, 2.45) is 5.92 Å². The van der Waals surface area contributed by atoms with Crippen molar-refractivity contribution in [1.29, 1.82) is 0 Å². The number of rotatable bonds is 8. The summed E-state index contributed by atoms with van der Waals surface area (Å²) in [5, 5.41) is 0. The van der Waals surface area contributed by atoms with Crippen molar-refractivity contribution >= 4 is 11.4 Å². The first-order chi connectivity index (χ1) is 14.5. The number of hydrogen-bond donors (Lipinski definition) is 0. The molecule has 1 unspecified atom stereocenters. The Hall–Kier alpha value is -2.87. The molecule has 0 radical (unpaired) electrons. The first-order valence-corrected chi connectivity index (χ1v) is 10.0. The van der Waals surface area contributed by atoms with Crippen molar-refractivity contribution in [2.45, 2.75) is 32.6 Å². The number of carbonyl (C=O) groups is 1. The lowest BCUT2D eigenvalue weighted by Crippen LogP contribution is -2.10. The second-order valence-electron chi connectivity index (χ2n) is 7.38. The van der Waals surface area contributed by atoms with Gasteiger partial charge in [0.2, 0.25) is 0 Å². The lowest BCUT2D eigenvalue weighted by molar-refractivity contribution is 0.0984. The number of nitrogens with zero attached hydrogens (tertiary/aromatic N) is 3. The van der Waals surface area contributed by atoms with Crippen LogP contribution in [0.1, 0.15) is 47.2 Å². The third kappa shape index (κ3) is 4.48. The summed E-state index contributed by atoms with van der Waals surface area (Å²) in [5.41, 5.74) is 1.97. The third-order valence-corrected chi connectivity index (χ3v) is 5.13. The van der Waals surface area contributed by atoms with E-state index < -0.39 is 12.1 Å². The van der Waals surface area contributed by atoms with E-state index in [1.165, 1.54) is 18.2 Å². The van der Waals surface area contributed by atoms with Crippen LogP contribution in [0.25, 0.3) is 5.65 Å². The van der Waals surface area contributed by atoms with Gasteiger partial charge in [-0.05, 0) is 37.8 Å². The van der Waals surface area contributed by atoms with Gasteiger partial charge in [0.1, 0.15) is 22.8 Å². The molecule has 0 bridgehead atoms. The monoisotopic (exact) mass is 415 g/mol.